The van der Waals surface area contributed by atoms with Crippen molar-refractivity contribution in [1.29, 1.82) is 0 Å². The molecule has 0 unspecified atom stereocenters. The summed E-state index contributed by atoms with van der Waals surface area (Å²) in [7, 11) is 0. The molecule has 0 aliphatic rings. The van der Waals surface area contributed by atoms with Gasteiger partial charge >= 0.3 is 133 Å². The Bertz CT molecular complexity index is 116. The van der Waals surface area contributed by atoms with Gasteiger partial charge in [0.25, 0.3) is 0 Å². The third-order valence-electron chi connectivity index (χ3n) is 0. The Kier molecular flexibility index (Phi) is 52.7. The molecule has 14 heavy (non-hydrogen) atoms. The summed E-state index contributed by atoms with van der Waals surface area (Å²) in [6.07, 6.45) is 0. The van der Waals surface area contributed by atoms with Crippen LogP contribution >= 0.6 is 0 Å². The molecule has 4 radical (unpaired) electrons. The Hall–Kier alpha value is 2.48. The van der Waals surface area contributed by atoms with Gasteiger partial charge in [0.2, 0.25) is 0 Å². The van der Waals surface area contributed by atoms with Gasteiger partial charge in [0.05, 0.1) is 0 Å². The van der Waals surface area contributed by atoms with Crippen molar-refractivity contribution in [1.82, 2.24) is 0 Å². The van der Waals surface area contributed by atoms with Crippen LogP contribution in [-0.2, 0) is 55.0 Å². The molecule has 0 aromatic rings. The minimum absolute atomic E-state index is 0. The zero-order chi connectivity index (χ0) is 10.7. The molecule has 0 spiro atoms. The second kappa shape index (κ2) is 24.6. The molecule has 0 saturated carbocycles. The van der Waals surface area contributed by atoms with Gasteiger partial charge in [-0.25, -0.2) is 0 Å². The molecule has 14 heteroatoms. The Balaban J connectivity index is -0.0000000270. The van der Waals surface area contributed by atoms with E-state index in [4.69, 9.17) is 36.6 Å². The third kappa shape index (κ3) is 427. The monoisotopic (exact) mass is 727 g/mol. The summed E-state index contributed by atoms with van der Waals surface area (Å²) in [4.78, 5) is 0. The molecule has 0 rings (SSSR count). The molecule has 0 saturated heterocycles. The van der Waals surface area contributed by atoms with Crippen LogP contribution in [0.4, 0.5) is 0 Å². The molecule has 85 valence electrons. The van der Waals surface area contributed by atoms with Gasteiger partial charge in [-0.15, -0.1) is 0 Å². The molecule has 0 amide bonds. The van der Waals surface area contributed by atoms with E-state index in [2.05, 4.69) is 0 Å². The van der Waals surface area contributed by atoms with Crippen LogP contribution in [0.5, 0.6) is 0 Å². The number of rotatable bonds is 0. The second-order valence-electron chi connectivity index (χ2n) is 0.567. The van der Waals surface area contributed by atoms with Gasteiger partial charge < -0.3 is 0 Å². The summed E-state index contributed by atoms with van der Waals surface area (Å²) in [5.74, 6) is 0. The van der Waals surface area contributed by atoms with E-state index in [9.17, 15) is 0 Å². The van der Waals surface area contributed by atoms with Crippen LogP contribution in [0.15, 0.2) is 0 Å². The molecule has 0 aromatic heterocycles. The molecule has 0 aliphatic carbocycles. The molecule has 0 heterocycles. The first-order valence-electron chi connectivity index (χ1n) is 1.39. The van der Waals surface area contributed by atoms with Crippen LogP contribution in [0, 0.1) is 0 Å². The van der Waals surface area contributed by atoms with E-state index < -0.39 is 43.5 Å². The molecule has 0 atom stereocenters. The van der Waals surface area contributed by atoms with Crippen molar-refractivity contribution >= 4 is 52.4 Å². The van der Waals surface area contributed by atoms with Crippen molar-refractivity contribution in [3.05, 3.63) is 0 Å². The van der Waals surface area contributed by atoms with Crippen LogP contribution in [-0.4, -0.2) is 52.4 Å². The first-order chi connectivity index (χ1) is 5.20. The van der Waals surface area contributed by atoms with Gasteiger partial charge in [-0.1, -0.05) is 0 Å². The van der Waals surface area contributed by atoms with Crippen molar-refractivity contribution in [2.75, 3.05) is 0 Å². The van der Waals surface area contributed by atoms with Crippen molar-refractivity contribution in [2.45, 2.75) is 0 Å². The molecule has 0 aromatic carbocycles. The summed E-state index contributed by atoms with van der Waals surface area (Å²) >= 11 is -10.9. The van der Waals surface area contributed by atoms with Crippen molar-refractivity contribution in [3.8, 4) is 0 Å². The van der Waals surface area contributed by atoms with Crippen LogP contribution in [0.2, 0.25) is 0 Å². The fraction of sp³-hybridized carbons (Fsp3) is 0. The molecular formula is Bi2Mn3O9. The second-order valence-corrected chi connectivity index (χ2v) is 2.34. The Morgan fingerprint density at radius 1 is 0.500 bits per heavy atom. The van der Waals surface area contributed by atoms with Gasteiger partial charge in [0, 0.05) is 0 Å². The van der Waals surface area contributed by atoms with E-state index in [-0.39, 0.29) is 52.4 Å². The first kappa shape index (κ1) is 30.0. The predicted molar refractivity (Wildman–Crippen MR) is 13.6 cm³/mol. The summed E-state index contributed by atoms with van der Waals surface area (Å²) in [5.41, 5.74) is 0. The van der Waals surface area contributed by atoms with Gasteiger partial charge in [0.15, 0.2) is 0 Å². The predicted octanol–water partition coefficient (Wildman–Crippen LogP) is -8.26. The van der Waals surface area contributed by atoms with Crippen molar-refractivity contribution in [3.63, 3.8) is 0 Å². The van der Waals surface area contributed by atoms with Crippen LogP contribution in [0.1, 0.15) is 0 Å². The standard InChI is InChI=1S/2Bi.3Mn.9O/q2*+3;;;;;;;6*-1. The first-order valence-corrected chi connectivity index (χ1v) is 5.73. The van der Waals surface area contributed by atoms with E-state index >= 15 is 0 Å². The Morgan fingerprint density at radius 3 is 0.500 bits per heavy atom. The summed E-state index contributed by atoms with van der Waals surface area (Å²) < 4.78 is 76.7. The molecule has 0 bridgehead atoms. The number of hydrogen-bond donors (Lipinski definition) is 0. The third-order valence-corrected chi connectivity index (χ3v) is 0. The molecule has 0 aliphatic heterocycles. The van der Waals surface area contributed by atoms with Crippen molar-refractivity contribution < 1.29 is 80.1 Å². The van der Waals surface area contributed by atoms with E-state index in [0.29, 0.717) is 0 Å². The topological polar surface area (TPSA) is 190 Å². The van der Waals surface area contributed by atoms with Gasteiger partial charge in [-0.05, 0) is 0 Å². The van der Waals surface area contributed by atoms with E-state index in [1.807, 2.05) is 0 Å². The number of hydrogen-bond acceptors (Lipinski definition) is 9. The fourth-order valence-corrected chi connectivity index (χ4v) is 0. The normalized spacial score (nSPS) is 7.50. The summed E-state index contributed by atoms with van der Waals surface area (Å²) in [6.45, 7) is 0. The quantitative estimate of drug-likeness (QED) is 0.219. The fourth-order valence-electron chi connectivity index (χ4n) is 0. The zero-order valence-corrected chi connectivity index (χ0v) is 16.2. The van der Waals surface area contributed by atoms with E-state index in [1.165, 1.54) is 0 Å². The zero-order valence-electron chi connectivity index (χ0n) is 5.70. The van der Waals surface area contributed by atoms with Crippen LogP contribution in [0.3, 0.4) is 0 Å². The maximum absolute atomic E-state index is 8.52. The van der Waals surface area contributed by atoms with E-state index in [1.54, 1.807) is 0 Å². The van der Waals surface area contributed by atoms with Crippen molar-refractivity contribution in [2.24, 2.45) is 0 Å². The Morgan fingerprint density at radius 2 is 0.500 bits per heavy atom. The molecule has 0 N–H and O–H groups in total. The van der Waals surface area contributed by atoms with E-state index in [0.717, 1.165) is 0 Å². The summed E-state index contributed by atoms with van der Waals surface area (Å²) in [6, 6.07) is 0. The molecular weight excluding hydrogens is 727 g/mol. The summed E-state index contributed by atoms with van der Waals surface area (Å²) in [5, 5.41) is 0. The minimum atomic E-state index is -3.65. The van der Waals surface area contributed by atoms with Gasteiger partial charge in [-0.3, -0.25) is 0 Å². The van der Waals surface area contributed by atoms with Crippen LogP contribution in [0.25, 0.3) is 0 Å². The molecule has 0 fully saturated rings. The van der Waals surface area contributed by atoms with Crippen LogP contribution < -0.4 is 25.1 Å². The average Bonchev–Trinajstić information content (AvgIpc) is 1.54. The average molecular weight is 727 g/mol. The maximum atomic E-state index is 8.52. The molecule has 9 nitrogen and oxygen atoms in total. The van der Waals surface area contributed by atoms with Gasteiger partial charge in [0.1, 0.15) is 0 Å². The van der Waals surface area contributed by atoms with Gasteiger partial charge in [-0.2, -0.15) is 0 Å². The SMILES string of the molecule is [Bi+3].[Bi+3].[O]=[Mn]([O-])[O-].[O]=[Mn]([O-])[O-].[O]=[Mn]([O-])[O-]. The Labute approximate surface area is 131 Å².